The van der Waals surface area contributed by atoms with E-state index in [1.807, 2.05) is 0 Å². The van der Waals surface area contributed by atoms with Gasteiger partial charge in [-0.05, 0) is 25.7 Å². The highest BCUT2D eigenvalue weighted by Gasteiger charge is 2.28. The number of anilines is 1. The summed E-state index contributed by atoms with van der Waals surface area (Å²) in [7, 11) is 0. The van der Waals surface area contributed by atoms with Crippen LogP contribution in [0.25, 0.3) is 11.0 Å². The third kappa shape index (κ3) is 3.11. The summed E-state index contributed by atoms with van der Waals surface area (Å²) in [5.41, 5.74) is 1.27. The fourth-order valence-corrected chi connectivity index (χ4v) is 4.14. The third-order valence-electron chi connectivity index (χ3n) is 5.49. The number of aromatic nitrogens is 3. The number of likely N-dealkylation sites (tertiary alicyclic amines) is 1. The van der Waals surface area contributed by atoms with Crippen LogP contribution in [0, 0.1) is 5.92 Å². The van der Waals surface area contributed by atoms with E-state index in [0.29, 0.717) is 30.1 Å². The van der Waals surface area contributed by atoms with Gasteiger partial charge >= 0.3 is 6.09 Å². The normalized spacial score (nSPS) is 21.2. The number of Topliss-reactive ketones (excluding diaryl/α,β-unsaturated/α-hetero) is 1. The second-order valence-electron chi connectivity index (χ2n) is 7.21. The molecule has 3 N–H and O–H groups in total. The van der Waals surface area contributed by atoms with Crippen molar-refractivity contribution in [2.24, 2.45) is 5.92 Å². The highest BCUT2D eigenvalue weighted by molar-refractivity contribution is 6.11. The highest BCUT2D eigenvalue weighted by Crippen LogP contribution is 2.32. The lowest BCUT2D eigenvalue weighted by molar-refractivity contribution is 0.0924. The molecule has 0 radical (unpaired) electrons. The van der Waals surface area contributed by atoms with Crippen LogP contribution in [0.4, 0.5) is 10.6 Å². The summed E-state index contributed by atoms with van der Waals surface area (Å²) in [5.74, 6) is 0.844. The van der Waals surface area contributed by atoms with Crippen molar-refractivity contribution in [2.75, 3.05) is 18.4 Å². The number of ketones is 1. The number of piperidine rings is 1. The minimum atomic E-state index is -0.900. The maximum absolute atomic E-state index is 12.9. The molecule has 1 aliphatic carbocycles. The molecule has 26 heavy (non-hydrogen) atoms. The molecule has 1 atom stereocenters. The lowest BCUT2D eigenvalue weighted by Gasteiger charge is -2.31. The number of nitrogens with one attached hydrogen (secondary N) is 2. The Bertz CT molecular complexity index is 827. The van der Waals surface area contributed by atoms with Gasteiger partial charge < -0.3 is 20.3 Å². The number of fused-ring (bicyclic) bond motifs is 1. The van der Waals surface area contributed by atoms with Crippen molar-refractivity contribution in [2.45, 2.75) is 44.6 Å². The van der Waals surface area contributed by atoms with Gasteiger partial charge in [0.05, 0.1) is 5.39 Å². The Hall–Kier alpha value is -2.64. The Labute approximate surface area is 151 Å². The van der Waals surface area contributed by atoms with Crippen LogP contribution in [-0.2, 0) is 0 Å². The summed E-state index contributed by atoms with van der Waals surface area (Å²) >= 11 is 0. The minimum Gasteiger partial charge on any atom is -0.465 e. The molecule has 1 amide bonds. The van der Waals surface area contributed by atoms with Gasteiger partial charge in [0.25, 0.3) is 0 Å². The highest BCUT2D eigenvalue weighted by atomic mass is 16.4. The van der Waals surface area contributed by atoms with E-state index in [1.54, 1.807) is 6.20 Å². The van der Waals surface area contributed by atoms with E-state index in [9.17, 15) is 14.7 Å². The van der Waals surface area contributed by atoms with Crippen LogP contribution in [0.1, 0.15) is 48.9 Å². The van der Waals surface area contributed by atoms with E-state index in [4.69, 9.17) is 0 Å². The molecule has 0 aromatic carbocycles. The Morgan fingerprint density at radius 1 is 1.19 bits per heavy atom. The molecule has 4 rings (SSSR count). The molecule has 2 aromatic heterocycles. The van der Waals surface area contributed by atoms with Crippen molar-refractivity contribution in [3.05, 3.63) is 18.1 Å². The number of hydrogen-bond donors (Lipinski definition) is 3. The van der Waals surface area contributed by atoms with Crippen molar-refractivity contribution >= 4 is 28.7 Å². The molecule has 8 nitrogen and oxygen atoms in total. The van der Waals surface area contributed by atoms with E-state index in [-0.39, 0.29) is 17.7 Å². The molecule has 1 saturated heterocycles. The number of carbonyl (C=O) groups is 2. The fraction of sp³-hybridized carbons (Fsp3) is 0.556. The van der Waals surface area contributed by atoms with Gasteiger partial charge in [0.15, 0.2) is 5.78 Å². The van der Waals surface area contributed by atoms with Gasteiger partial charge in [-0.25, -0.2) is 14.8 Å². The molecule has 1 saturated carbocycles. The van der Waals surface area contributed by atoms with Gasteiger partial charge in [0, 0.05) is 36.8 Å². The Kier molecular flexibility index (Phi) is 4.48. The standard InChI is InChI=1S/C18H23N5O3/c24-15(11-4-1-2-5-11)13-8-19-16-14(13)17(21-10-20-16)22-12-6-3-7-23(9-12)18(25)26/h8,10-12H,1-7,9H2,(H,25,26)(H2,19,20,21,22)/t12-/m1/s1. The monoisotopic (exact) mass is 357 g/mol. The lowest BCUT2D eigenvalue weighted by atomic mass is 9.96. The Balaban J connectivity index is 1.61. The molecule has 0 bridgehead atoms. The first-order chi connectivity index (χ1) is 12.6. The number of H-pyrrole nitrogens is 1. The average molecular weight is 357 g/mol. The first-order valence-corrected chi connectivity index (χ1v) is 9.24. The molecule has 2 fully saturated rings. The summed E-state index contributed by atoms with van der Waals surface area (Å²) in [5, 5.41) is 13.3. The number of carboxylic acid groups (broad SMARTS) is 1. The van der Waals surface area contributed by atoms with Crippen molar-refractivity contribution in [3.8, 4) is 0 Å². The summed E-state index contributed by atoms with van der Waals surface area (Å²) in [6.45, 7) is 0.972. The van der Waals surface area contributed by atoms with Crippen LogP contribution < -0.4 is 5.32 Å². The first-order valence-electron chi connectivity index (χ1n) is 9.24. The summed E-state index contributed by atoms with van der Waals surface area (Å²) in [6.07, 6.45) is 8.06. The van der Waals surface area contributed by atoms with Crippen LogP contribution in [0.2, 0.25) is 0 Å². The molecule has 2 aromatic rings. The van der Waals surface area contributed by atoms with E-state index < -0.39 is 6.09 Å². The maximum Gasteiger partial charge on any atom is 0.407 e. The smallest absolute Gasteiger partial charge is 0.407 e. The van der Waals surface area contributed by atoms with Crippen molar-refractivity contribution < 1.29 is 14.7 Å². The molecule has 0 unspecified atom stereocenters. The molecular weight excluding hydrogens is 334 g/mol. The Morgan fingerprint density at radius 2 is 2.00 bits per heavy atom. The zero-order valence-corrected chi connectivity index (χ0v) is 14.6. The second-order valence-corrected chi connectivity index (χ2v) is 7.21. The average Bonchev–Trinajstić information content (AvgIpc) is 3.32. The lowest BCUT2D eigenvalue weighted by Crippen LogP contribution is -2.44. The maximum atomic E-state index is 12.9. The van der Waals surface area contributed by atoms with Crippen LogP contribution in [0.5, 0.6) is 0 Å². The largest absolute Gasteiger partial charge is 0.465 e. The fourth-order valence-electron chi connectivity index (χ4n) is 4.14. The number of carbonyl (C=O) groups excluding carboxylic acids is 1. The number of amides is 1. The van der Waals surface area contributed by atoms with Crippen LogP contribution in [0.15, 0.2) is 12.5 Å². The predicted molar refractivity (Wildman–Crippen MR) is 96.4 cm³/mol. The quantitative estimate of drug-likeness (QED) is 0.726. The molecule has 0 spiro atoms. The Morgan fingerprint density at radius 3 is 2.77 bits per heavy atom. The van der Waals surface area contributed by atoms with Gasteiger partial charge in [-0.2, -0.15) is 0 Å². The molecular formula is C18H23N5O3. The second kappa shape index (κ2) is 6.93. The number of nitrogens with zero attached hydrogens (tertiary/aromatic N) is 3. The van der Waals surface area contributed by atoms with Crippen molar-refractivity contribution in [3.63, 3.8) is 0 Å². The number of hydrogen-bond acceptors (Lipinski definition) is 5. The molecule has 2 aliphatic rings. The molecule has 3 heterocycles. The topological polar surface area (TPSA) is 111 Å². The van der Waals surface area contributed by atoms with Crippen molar-refractivity contribution in [1.29, 1.82) is 0 Å². The molecule has 1 aliphatic heterocycles. The summed E-state index contributed by atoms with van der Waals surface area (Å²) in [6, 6.07) is -0.0257. The number of rotatable bonds is 4. The van der Waals surface area contributed by atoms with Gasteiger partial charge in [-0.15, -0.1) is 0 Å². The van der Waals surface area contributed by atoms with E-state index >= 15 is 0 Å². The SMILES string of the molecule is O=C(c1c[nH]c2ncnc(N[C@@H]3CCCN(C(=O)O)C3)c12)C1CCCC1. The van der Waals surface area contributed by atoms with Crippen LogP contribution in [-0.4, -0.2) is 56.0 Å². The van der Waals surface area contributed by atoms with E-state index in [1.165, 1.54) is 11.2 Å². The summed E-state index contributed by atoms with van der Waals surface area (Å²) < 4.78 is 0. The molecule has 138 valence electrons. The van der Waals surface area contributed by atoms with Gasteiger partial charge in [-0.1, -0.05) is 12.8 Å². The zero-order valence-electron chi connectivity index (χ0n) is 14.6. The van der Waals surface area contributed by atoms with Gasteiger partial charge in [0.2, 0.25) is 0 Å². The summed E-state index contributed by atoms with van der Waals surface area (Å²) in [4.78, 5) is 37.3. The first kappa shape index (κ1) is 16.8. The van der Waals surface area contributed by atoms with Crippen molar-refractivity contribution in [1.82, 2.24) is 19.9 Å². The van der Waals surface area contributed by atoms with Crippen LogP contribution in [0.3, 0.4) is 0 Å². The van der Waals surface area contributed by atoms with E-state index in [2.05, 4.69) is 20.3 Å². The number of aromatic amines is 1. The minimum absolute atomic E-state index is 0.0257. The van der Waals surface area contributed by atoms with E-state index in [0.717, 1.165) is 43.9 Å². The van der Waals surface area contributed by atoms with Gasteiger partial charge in [-0.3, -0.25) is 4.79 Å². The molecule has 8 heteroatoms. The predicted octanol–water partition coefficient (Wildman–Crippen LogP) is 2.89. The third-order valence-corrected chi connectivity index (χ3v) is 5.49. The van der Waals surface area contributed by atoms with Gasteiger partial charge in [0.1, 0.15) is 17.8 Å². The zero-order chi connectivity index (χ0) is 18.1. The van der Waals surface area contributed by atoms with Crippen LogP contribution >= 0.6 is 0 Å².